The van der Waals surface area contributed by atoms with Crippen molar-refractivity contribution in [2.75, 3.05) is 0 Å². The first-order valence-corrected chi connectivity index (χ1v) is 10.6. The van der Waals surface area contributed by atoms with E-state index in [4.69, 9.17) is 0 Å². The zero-order valence-corrected chi connectivity index (χ0v) is 16.3. The van der Waals surface area contributed by atoms with Gasteiger partial charge in [0.05, 0.1) is 0 Å². The smallest absolute Gasteiger partial charge is 0.0102 e. The highest BCUT2D eigenvalue weighted by atomic mass is 14.3. The maximum atomic E-state index is 2.33. The van der Waals surface area contributed by atoms with Gasteiger partial charge in [-0.2, -0.15) is 0 Å². The number of benzene rings is 4. The number of rotatable bonds is 6. The standard InChI is InChI=1S/C28H26/c1(2-11-21-13-10-14-22-12-4-5-15-23(21)22)3-16-24-25-17-6-8-19-27(25)28-20-9-7-18-26(24)28/h4-10,12-15,17-20,24H,1-3,11,16H2. The summed E-state index contributed by atoms with van der Waals surface area (Å²) in [7, 11) is 0. The zero-order chi connectivity index (χ0) is 18.8. The average molecular weight is 363 g/mol. The summed E-state index contributed by atoms with van der Waals surface area (Å²) < 4.78 is 0. The minimum Gasteiger partial charge on any atom is -0.0619 e. The molecule has 0 radical (unpaired) electrons. The second kappa shape index (κ2) is 7.64. The number of fused-ring (bicyclic) bond motifs is 4. The van der Waals surface area contributed by atoms with Gasteiger partial charge in [0.1, 0.15) is 0 Å². The first-order chi connectivity index (χ1) is 13.9. The molecule has 0 aromatic heterocycles. The lowest BCUT2D eigenvalue weighted by molar-refractivity contribution is 0.608. The molecule has 138 valence electrons. The molecule has 0 aliphatic heterocycles. The SMILES string of the molecule is c1ccc2c(c1)-c1ccccc1C2CCCCCc1cccc2ccccc12. The van der Waals surface area contributed by atoms with Crippen molar-refractivity contribution in [2.45, 2.75) is 38.0 Å². The molecule has 0 bridgehead atoms. The Kier molecular flexibility index (Phi) is 4.71. The van der Waals surface area contributed by atoms with E-state index in [1.807, 2.05) is 0 Å². The van der Waals surface area contributed by atoms with Crippen molar-refractivity contribution >= 4 is 10.8 Å². The van der Waals surface area contributed by atoms with Gasteiger partial charge in [0, 0.05) is 5.92 Å². The Balaban J connectivity index is 1.23. The molecule has 28 heavy (non-hydrogen) atoms. The summed E-state index contributed by atoms with van der Waals surface area (Å²) in [4.78, 5) is 0. The van der Waals surface area contributed by atoms with Gasteiger partial charge in [-0.1, -0.05) is 104 Å². The van der Waals surface area contributed by atoms with E-state index in [0.717, 1.165) is 0 Å². The fraction of sp³-hybridized carbons (Fsp3) is 0.214. The fourth-order valence-electron chi connectivity index (χ4n) is 4.92. The Morgan fingerprint density at radius 3 is 1.96 bits per heavy atom. The van der Waals surface area contributed by atoms with Crippen LogP contribution in [0.5, 0.6) is 0 Å². The third-order valence-electron chi connectivity index (χ3n) is 6.28. The van der Waals surface area contributed by atoms with Crippen LogP contribution in [-0.2, 0) is 6.42 Å². The van der Waals surface area contributed by atoms with Gasteiger partial charge in [0.25, 0.3) is 0 Å². The second-order valence-electron chi connectivity index (χ2n) is 7.96. The Morgan fingerprint density at radius 2 is 1.18 bits per heavy atom. The van der Waals surface area contributed by atoms with Crippen LogP contribution in [0.2, 0.25) is 0 Å². The molecule has 0 fully saturated rings. The maximum Gasteiger partial charge on any atom is 0.0102 e. The molecule has 0 amide bonds. The van der Waals surface area contributed by atoms with Crippen molar-refractivity contribution in [2.24, 2.45) is 0 Å². The van der Waals surface area contributed by atoms with Crippen molar-refractivity contribution in [3.63, 3.8) is 0 Å². The van der Waals surface area contributed by atoms with E-state index in [2.05, 4.69) is 91.0 Å². The van der Waals surface area contributed by atoms with Gasteiger partial charge in [-0.25, -0.2) is 0 Å². The zero-order valence-electron chi connectivity index (χ0n) is 16.3. The first-order valence-electron chi connectivity index (χ1n) is 10.6. The average Bonchev–Trinajstić information content (AvgIpc) is 3.08. The minimum absolute atomic E-state index is 0.574. The van der Waals surface area contributed by atoms with Crippen molar-refractivity contribution in [3.8, 4) is 11.1 Å². The number of hydrogen-bond donors (Lipinski definition) is 0. The fourth-order valence-corrected chi connectivity index (χ4v) is 4.92. The van der Waals surface area contributed by atoms with Gasteiger partial charge >= 0.3 is 0 Å². The van der Waals surface area contributed by atoms with Gasteiger partial charge < -0.3 is 0 Å². The molecule has 1 aliphatic rings. The molecule has 0 N–H and O–H groups in total. The van der Waals surface area contributed by atoms with Crippen LogP contribution in [0.1, 0.15) is 48.3 Å². The Morgan fingerprint density at radius 1 is 0.536 bits per heavy atom. The van der Waals surface area contributed by atoms with Crippen molar-refractivity contribution in [1.29, 1.82) is 0 Å². The van der Waals surface area contributed by atoms with Crippen molar-refractivity contribution in [1.82, 2.24) is 0 Å². The molecule has 1 aliphatic carbocycles. The quantitative estimate of drug-likeness (QED) is 0.307. The van der Waals surface area contributed by atoms with Crippen LogP contribution in [0.25, 0.3) is 21.9 Å². The highest BCUT2D eigenvalue weighted by Crippen LogP contribution is 2.46. The van der Waals surface area contributed by atoms with Crippen LogP contribution in [0.15, 0.2) is 91.0 Å². The second-order valence-corrected chi connectivity index (χ2v) is 7.96. The molecule has 0 atom stereocenters. The summed E-state index contributed by atoms with van der Waals surface area (Å²) in [5, 5.41) is 2.78. The maximum absolute atomic E-state index is 2.33. The topological polar surface area (TPSA) is 0 Å². The van der Waals surface area contributed by atoms with Crippen LogP contribution >= 0.6 is 0 Å². The van der Waals surface area contributed by atoms with E-state index < -0.39 is 0 Å². The summed E-state index contributed by atoms with van der Waals surface area (Å²) in [5.74, 6) is 0.574. The summed E-state index contributed by atoms with van der Waals surface area (Å²) in [6.45, 7) is 0. The summed E-state index contributed by atoms with van der Waals surface area (Å²) in [5.41, 5.74) is 7.43. The molecule has 4 aromatic carbocycles. The Hall–Kier alpha value is -2.86. The third kappa shape index (κ3) is 3.14. The molecular weight excluding hydrogens is 336 g/mol. The van der Waals surface area contributed by atoms with E-state index in [1.165, 1.54) is 70.7 Å². The van der Waals surface area contributed by atoms with Crippen molar-refractivity contribution < 1.29 is 0 Å². The monoisotopic (exact) mass is 362 g/mol. The molecule has 0 heteroatoms. The number of aryl methyl sites for hydroxylation is 1. The van der Waals surface area contributed by atoms with E-state index in [9.17, 15) is 0 Å². The van der Waals surface area contributed by atoms with Gasteiger partial charge in [-0.3, -0.25) is 0 Å². The van der Waals surface area contributed by atoms with Crippen LogP contribution in [0.4, 0.5) is 0 Å². The molecule has 5 rings (SSSR count). The van der Waals surface area contributed by atoms with Crippen molar-refractivity contribution in [3.05, 3.63) is 108 Å². The predicted molar refractivity (Wildman–Crippen MR) is 120 cm³/mol. The normalized spacial score (nSPS) is 12.9. The van der Waals surface area contributed by atoms with Gasteiger partial charge in [0.15, 0.2) is 0 Å². The lowest BCUT2D eigenvalue weighted by atomic mass is 9.91. The molecule has 0 saturated heterocycles. The molecular formula is C28H26. The Labute approximate surface area is 167 Å². The van der Waals surface area contributed by atoms with E-state index >= 15 is 0 Å². The Bertz CT molecular complexity index is 1050. The lowest BCUT2D eigenvalue weighted by Crippen LogP contribution is -1.97. The van der Waals surface area contributed by atoms with Gasteiger partial charge in [-0.15, -0.1) is 0 Å². The van der Waals surface area contributed by atoms with Crippen LogP contribution < -0.4 is 0 Å². The number of hydrogen-bond acceptors (Lipinski definition) is 0. The predicted octanol–water partition coefficient (Wildman–Crippen LogP) is 7.76. The van der Waals surface area contributed by atoms with E-state index in [-0.39, 0.29) is 0 Å². The van der Waals surface area contributed by atoms with E-state index in [1.54, 1.807) is 0 Å². The summed E-state index contributed by atoms with van der Waals surface area (Å²) >= 11 is 0. The number of unbranched alkanes of at least 4 members (excludes halogenated alkanes) is 2. The summed E-state index contributed by atoms with van der Waals surface area (Å²) in [6.07, 6.45) is 6.29. The van der Waals surface area contributed by atoms with Crippen LogP contribution in [0.3, 0.4) is 0 Å². The van der Waals surface area contributed by atoms with Crippen LogP contribution in [-0.4, -0.2) is 0 Å². The third-order valence-corrected chi connectivity index (χ3v) is 6.28. The molecule has 0 unspecified atom stereocenters. The molecule has 0 nitrogen and oxygen atoms in total. The van der Waals surface area contributed by atoms with Crippen LogP contribution in [0, 0.1) is 0 Å². The highest BCUT2D eigenvalue weighted by Gasteiger charge is 2.27. The lowest BCUT2D eigenvalue weighted by Gasteiger charge is -2.13. The van der Waals surface area contributed by atoms with E-state index in [0.29, 0.717) is 5.92 Å². The largest absolute Gasteiger partial charge is 0.0619 e. The minimum atomic E-state index is 0.574. The molecule has 4 aromatic rings. The van der Waals surface area contributed by atoms with Gasteiger partial charge in [0.2, 0.25) is 0 Å². The van der Waals surface area contributed by atoms with Gasteiger partial charge in [-0.05, 0) is 57.9 Å². The first kappa shape index (κ1) is 17.3. The highest BCUT2D eigenvalue weighted by molar-refractivity contribution is 5.85. The molecule has 0 heterocycles. The molecule has 0 spiro atoms. The molecule has 0 saturated carbocycles. The summed E-state index contributed by atoms with van der Waals surface area (Å²) in [6, 6.07) is 33.4.